The van der Waals surface area contributed by atoms with E-state index in [9.17, 15) is 0 Å². The third-order valence-corrected chi connectivity index (χ3v) is 3.07. The summed E-state index contributed by atoms with van der Waals surface area (Å²) in [4.78, 5) is 18.2. The fraction of sp³-hybridized carbons (Fsp3) is 0.429. The summed E-state index contributed by atoms with van der Waals surface area (Å²) in [6, 6.07) is 5.29. The molecule has 1 aromatic rings. The van der Waals surface area contributed by atoms with Crippen LogP contribution in [0.15, 0.2) is 18.2 Å². The van der Waals surface area contributed by atoms with Gasteiger partial charge in [-0.25, -0.2) is 9.59 Å². The summed E-state index contributed by atoms with van der Waals surface area (Å²) < 4.78 is 5.52. The molecule has 1 aromatic carbocycles. The Morgan fingerprint density at radius 1 is 1.14 bits per heavy atom. The lowest BCUT2D eigenvalue weighted by Crippen LogP contribution is -2.21. The fourth-order valence-corrected chi connectivity index (χ4v) is 1.52. The fourth-order valence-electron chi connectivity index (χ4n) is 1.23. The van der Waals surface area contributed by atoms with Crippen LogP contribution in [-0.2, 0) is 9.59 Å². The Hall–Kier alpha value is -1.50. The molecule has 0 bridgehead atoms. The Labute approximate surface area is 139 Å². The van der Waals surface area contributed by atoms with Gasteiger partial charge in [0.1, 0.15) is 12.4 Å². The number of carboxylic acids is 2. The van der Waals surface area contributed by atoms with Gasteiger partial charge < -0.3 is 20.3 Å². The minimum atomic E-state index is -1.82. The zero-order valence-corrected chi connectivity index (χ0v) is 13.7. The van der Waals surface area contributed by atoms with Gasteiger partial charge >= 0.3 is 11.9 Å². The smallest absolute Gasteiger partial charge is 0.414 e. The summed E-state index contributed by atoms with van der Waals surface area (Å²) in [7, 11) is 0. The van der Waals surface area contributed by atoms with E-state index >= 15 is 0 Å². The maximum absolute atomic E-state index is 9.10. The lowest BCUT2D eigenvalue weighted by Gasteiger charge is -2.07. The van der Waals surface area contributed by atoms with E-state index in [0.717, 1.165) is 18.8 Å². The van der Waals surface area contributed by atoms with Crippen LogP contribution in [0.25, 0.3) is 0 Å². The van der Waals surface area contributed by atoms with Crippen molar-refractivity contribution in [2.24, 2.45) is 0 Å². The maximum atomic E-state index is 9.10. The lowest BCUT2D eigenvalue weighted by molar-refractivity contribution is -0.159. The molecule has 0 atom stereocenters. The van der Waals surface area contributed by atoms with Crippen LogP contribution in [-0.4, -0.2) is 41.8 Å². The van der Waals surface area contributed by atoms with E-state index in [1.165, 1.54) is 12.8 Å². The number of unbranched alkanes of at least 4 members (excludes halogenated alkanes) is 1. The normalized spacial score (nSPS) is 9.59. The molecule has 0 heterocycles. The Morgan fingerprint density at radius 3 is 2.27 bits per heavy atom. The molecule has 8 heteroatoms. The SMILES string of the molecule is CCCCNCCOc1ccc(Cl)c(Cl)c1.O=C(O)C(=O)O. The van der Waals surface area contributed by atoms with E-state index in [2.05, 4.69) is 12.2 Å². The van der Waals surface area contributed by atoms with Gasteiger partial charge in [-0.15, -0.1) is 0 Å². The number of ether oxygens (including phenoxy) is 1. The molecule has 0 radical (unpaired) electrons. The number of benzene rings is 1. The summed E-state index contributed by atoms with van der Waals surface area (Å²) in [5.41, 5.74) is 0. The monoisotopic (exact) mass is 351 g/mol. The van der Waals surface area contributed by atoms with Crippen LogP contribution in [0.2, 0.25) is 10.0 Å². The summed E-state index contributed by atoms with van der Waals surface area (Å²) in [6.45, 7) is 4.71. The highest BCUT2D eigenvalue weighted by Crippen LogP contribution is 2.26. The first-order valence-electron chi connectivity index (χ1n) is 6.63. The molecule has 124 valence electrons. The standard InChI is InChI=1S/C12H17Cl2NO.C2H2O4/c1-2-3-6-15-7-8-16-10-4-5-11(13)12(14)9-10;3-1(4)2(5)6/h4-5,9,15H,2-3,6-8H2,1H3;(H,3,4)(H,5,6). The van der Waals surface area contributed by atoms with Crippen LogP contribution in [0.1, 0.15) is 19.8 Å². The molecular weight excluding hydrogens is 333 g/mol. The number of halogens is 2. The van der Waals surface area contributed by atoms with E-state index in [1.54, 1.807) is 12.1 Å². The first-order valence-corrected chi connectivity index (χ1v) is 7.38. The minimum Gasteiger partial charge on any atom is -0.492 e. The first-order chi connectivity index (χ1) is 10.4. The van der Waals surface area contributed by atoms with Crippen molar-refractivity contribution in [1.82, 2.24) is 5.32 Å². The van der Waals surface area contributed by atoms with E-state index in [1.807, 2.05) is 6.07 Å². The Balaban J connectivity index is 0.000000626. The second-order valence-corrected chi connectivity index (χ2v) is 4.95. The molecule has 3 N–H and O–H groups in total. The van der Waals surface area contributed by atoms with Crippen LogP contribution in [0.3, 0.4) is 0 Å². The highest BCUT2D eigenvalue weighted by molar-refractivity contribution is 6.42. The third kappa shape index (κ3) is 10.3. The average molecular weight is 352 g/mol. The van der Waals surface area contributed by atoms with Crippen LogP contribution in [0.5, 0.6) is 5.75 Å². The van der Waals surface area contributed by atoms with E-state index in [0.29, 0.717) is 16.7 Å². The van der Waals surface area contributed by atoms with E-state index < -0.39 is 11.9 Å². The first kappa shape index (κ1) is 20.5. The van der Waals surface area contributed by atoms with Crippen molar-refractivity contribution < 1.29 is 24.5 Å². The van der Waals surface area contributed by atoms with Crippen LogP contribution < -0.4 is 10.1 Å². The Kier molecular flexibility index (Phi) is 11.3. The molecule has 0 aliphatic heterocycles. The predicted molar refractivity (Wildman–Crippen MR) is 85.0 cm³/mol. The van der Waals surface area contributed by atoms with Gasteiger partial charge in [0.05, 0.1) is 10.0 Å². The van der Waals surface area contributed by atoms with Crippen LogP contribution in [0, 0.1) is 0 Å². The van der Waals surface area contributed by atoms with Crippen molar-refractivity contribution >= 4 is 35.1 Å². The predicted octanol–water partition coefficient (Wildman–Crippen LogP) is 2.92. The number of hydrogen-bond donors (Lipinski definition) is 3. The molecule has 0 aromatic heterocycles. The summed E-state index contributed by atoms with van der Waals surface area (Å²) in [6.07, 6.45) is 2.41. The van der Waals surface area contributed by atoms with Crippen molar-refractivity contribution in [3.05, 3.63) is 28.2 Å². The molecule has 0 aliphatic rings. The number of hydrogen-bond acceptors (Lipinski definition) is 4. The van der Waals surface area contributed by atoms with Gasteiger partial charge in [-0.2, -0.15) is 0 Å². The van der Waals surface area contributed by atoms with E-state index in [4.69, 9.17) is 47.7 Å². The van der Waals surface area contributed by atoms with Crippen LogP contribution >= 0.6 is 23.2 Å². The van der Waals surface area contributed by atoms with Crippen molar-refractivity contribution in [3.8, 4) is 5.75 Å². The zero-order valence-electron chi connectivity index (χ0n) is 12.1. The summed E-state index contributed by atoms with van der Waals surface area (Å²) in [5, 5.41) is 19.2. The molecule has 0 amide bonds. The number of nitrogens with one attached hydrogen (secondary N) is 1. The van der Waals surface area contributed by atoms with Gasteiger partial charge in [0.2, 0.25) is 0 Å². The van der Waals surface area contributed by atoms with Gasteiger partial charge in [-0.1, -0.05) is 36.5 Å². The van der Waals surface area contributed by atoms with Crippen molar-refractivity contribution in [2.75, 3.05) is 19.7 Å². The van der Waals surface area contributed by atoms with Crippen LogP contribution in [0.4, 0.5) is 0 Å². The topological polar surface area (TPSA) is 95.9 Å². The second kappa shape index (κ2) is 12.1. The maximum Gasteiger partial charge on any atom is 0.414 e. The zero-order chi connectivity index (χ0) is 17.0. The van der Waals surface area contributed by atoms with Gasteiger partial charge in [-0.3, -0.25) is 0 Å². The lowest BCUT2D eigenvalue weighted by atomic mass is 10.3. The number of carboxylic acid groups (broad SMARTS) is 2. The highest BCUT2D eigenvalue weighted by Gasteiger charge is 2.04. The molecule has 0 aliphatic carbocycles. The Bertz CT molecular complexity index is 470. The molecule has 0 fully saturated rings. The van der Waals surface area contributed by atoms with Gasteiger partial charge in [0.15, 0.2) is 0 Å². The molecular formula is C14H19Cl2NO5. The van der Waals surface area contributed by atoms with Gasteiger partial charge in [0.25, 0.3) is 0 Å². The molecule has 0 unspecified atom stereocenters. The highest BCUT2D eigenvalue weighted by atomic mass is 35.5. The molecule has 6 nitrogen and oxygen atoms in total. The average Bonchev–Trinajstić information content (AvgIpc) is 2.47. The summed E-state index contributed by atoms with van der Waals surface area (Å²) in [5.74, 6) is -2.89. The second-order valence-electron chi connectivity index (χ2n) is 4.14. The van der Waals surface area contributed by atoms with Crippen molar-refractivity contribution in [1.29, 1.82) is 0 Å². The molecule has 22 heavy (non-hydrogen) atoms. The largest absolute Gasteiger partial charge is 0.492 e. The van der Waals surface area contributed by atoms with Crippen molar-refractivity contribution in [3.63, 3.8) is 0 Å². The molecule has 0 spiro atoms. The Morgan fingerprint density at radius 2 is 1.77 bits per heavy atom. The van der Waals surface area contributed by atoms with E-state index in [-0.39, 0.29) is 0 Å². The molecule has 0 saturated carbocycles. The third-order valence-electron chi connectivity index (χ3n) is 2.33. The van der Waals surface area contributed by atoms with Gasteiger partial charge in [-0.05, 0) is 25.1 Å². The molecule has 0 saturated heterocycles. The minimum absolute atomic E-state index is 0.526. The quantitative estimate of drug-likeness (QED) is 0.516. The van der Waals surface area contributed by atoms with Gasteiger partial charge in [0, 0.05) is 12.6 Å². The summed E-state index contributed by atoms with van der Waals surface area (Å²) >= 11 is 11.7. The number of rotatable bonds is 7. The number of aliphatic carboxylic acids is 2. The number of carbonyl (C=O) groups is 2. The molecule has 1 rings (SSSR count). The van der Waals surface area contributed by atoms with Crippen molar-refractivity contribution in [2.45, 2.75) is 19.8 Å².